The molecule has 2 atom stereocenters. The summed E-state index contributed by atoms with van der Waals surface area (Å²) in [6.07, 6.45) is 4.59. The second kappa shape index (κ2) is 11.4. The summed E-state index contributed by atoms with van der Waals surface area (Å²) in [7, 11) is 0. The summed E-state index contributed by atoms with van der Waals surface area (Å²) in [5.41, 5.74) is 3.28. The topological polar surface area (TPSA) is 127 Å². The van der Waals surface area contributed by atoms with Gasteiger partial charge in [-0.15, -0.1) is 6.42 Å². The number of carbonyl (C=O) groups excluding carboxylic acids is 2. The Balaban J connectivity index is 1.25. The zero-order valence-electron chi connectivity index (χ0n) is 21.0. The number of nitrogens with zero attached hydrogens (tertiary/aromatic N) is 3. The Morgan fingerprint density at radius 2 is 2.00 bits per heavy atom. The first-order valence-electron chi connectivity index (χ1n) is 12.2. The third-order valence-corrected chi connectivity index (χ3v) is 7.27. The Hall–Kier alpha value is -4.69. The highest BCUT2D eigenvalue weighted by Gasteiger charge is 2.39. The molecule has 2 aromatic carbocycles. The van der Waals surface area contributed by atoms with Crippen LogP contribution in [-0.2, 0) is 11.3 Å². The summed E-state index contributed by atoms with van der Waals surface area (Å²) in [4.78, 5) is 42.8. The average molecular weight is 544 g/mol. The minimum Gasteiger partial charge on any atom is -0.489 e. The fourth-order valence-electron chi connectivity index (χ4n) is 4.57. The van der Waals surface area contributed by atoms with Crippen molar-refractivity contribution in [2.45, 2.75) is 25.5 Å². The van der Waals surface area contributed by atoms with E-state index in [1.54, 1.807) is 24.3 Å². The molecular weight excluding hydrogens is 518 g/mol. The van der Waals surface area contributed by atoms with E-state index in [1.165, 1.54) is 4.90 Å². The quantitative estimate of drug-likeness (QED) is 0.343. The number of terminal acetylenes is 1. The Morgan fingerprint density at radius 3 is 2.74 bits per heavy atom. The number of aryl methyl sites for hydroxylation is 1. The molecule has 2 unspecified atom stereocenters. The predicted molar refractivity (Wildman–Crippen MR) is 146 cm³/mol. The van der Waals surface area contributed by atoms with Gasteiger partial charge in [-0.1, -0.05) is 35.5 Å². The molecule has 0 radical (unpaired) electrons. The molecule has 1 fully saturated rings. The van der Waals surface area contributed by atoms with Crippen LogP contribution in [0.15, 0.2) is 59.4 Å². The highest BCUT2D eigenvalue weighted by atomic mass is 32.1. The minimum atomic E-state index is -0.587. The molecule has 0 spiro atoms. The summed E-state index contributed by atoms with van der Waals surface area (Å²) in [6, 6.07) is 16.3. The van der Waals surface area contributed by atoms with Crippen LogP contribution in [0.2, 0.25) is 0 Å². The van der Waals surface area contributed by atoms with Crippen molar-refractivity contribution in [1.29, 1.82) is 0 Å². The summed E-state index contributed by atoms with van der Waals surface area (Å²) in [6.45, 7) is 2.57. The number of H-pyrrole nitrogens is 1. The molecule has 10 nitrogen and oxygen atoms in total. The van der Waals surface area contributed by atoms with Crippen molar-refractivity contribution >= 4 is 34.2 Å². The van der Waals surface area contributed by atoms with E-state index in [4.69, 9.17) is 15.9 Å². The Bertz CT molecular complexity index is 1610. The van der Waals surface area contributed by atoms with Gasteiger partial charge < -0.3 is 19.7 Å². The van der Waals surface area contributed by atoms with E-state index >= 15 is 0 Å². The molecule has 3 heterocycles. The van der Waals surface area contributed by atoms with Crippen LogP contribution >= 0.6 is 11.3 Å². The van der Waals surface area contributed by atoms with Gasteiger partial charge in [0.2, 0.25) is 0 Å². The first-order chi connectivity index (χ1) is 18.9. The lowest BCUT2D eigenvalue weighted by molar-refractivity contribution is 0.0930. The standard InChI is InChI=1S/C28H25N5O5S/c1-3-12-37-28(36)33-14-22(26-31-32-27(35)39-26)24(15-33)30-25(34)18-8-10-20(11-9-18)38-16-19-13-17(2)29-23-7-5-4-6-21(19)23/h1,4-11,13,22,24H,12,14-16H2,2H3,(H,30,34)(H,32,35). The summed E-state index contributed by atoms with van der Waals surface area (Å²) in [5.74, 6) is 2.17. The van der Waals surface area contributed by atoms with Gasteiger partial charge in [0.15, 0.2) is 6.61 Å². The third-order valence-electron chi connectivity index (χ3n) is 6.39. The van der Waals surface area contributed by atoms with Crippen molar-refractivity contribution in [2.75, 3.05) is 19.7 Å². The lowest BCUT2D eigenvalue weighted by atomic mass is 10.0. The van der Waals surface area contributed by atoms with Gasteiger partial charge >= 0.3 is 11.0 Å². The van der Waals surface area contributed by atoms with Gasteiger partial charge in [0, 0.05) is 35.3 Å². The molecule has 0 bridgehead atoms. The number of aromatic nitrogens is 3. The highest BCUT2D eigenvalue weighted by Crippen LogP contribution is 2.28. The van der Waals surface area contributed by atoms with Crippen molar-refractivity contribution in [3.63, 3.8) is 0 Å². The zero-order chi connectivity index (χ0) is 27.4. The molecule has 198 valence electrons. The van der Waals surface area contributed by atoms with Crippen LogP contribution in [0, 0.1) is 19.3 Å². The molecule has 4 aromatic rings. The van der Waals surface area contributed by atoms with Gasteiger partial charge in [0.25, 0.3) is 5.91 Å². The SMILES string of the molecule is C#CCOC(=O)N1CC(NC(=O)c2ccc(OCc3cc(C)nc4ccccc34)cc2)C(c2n[nH]c(=O)s2)C1. The number of nitrogens with one attached hydrogen (secondary N) is 2. The first-order valence-corrected chi connectivity index (χ1v) is 13.0. The Kier molecular flexibility index (Phi) is 7.56. The maximum atomic E-state index is 13.1. The van der Waals surface area contributed by atoms with Crippen molar-refractivity contribution in [2.24, 2.45) is 0 Å². The van der Waals surface area contributed by atoms with E-state index in [2.05, 4.69) is 26.4 Å². The van der Waals surface area contributed by atoms with Crippen molar-refractivity contribution in [3.8, 4) is 18.1 Å². The molecule has 2 aromatic heterocycles. The number of likely N-dealkylation sites (tertiary alicyclic amines) is 1. The van der Waals surface area contributed by atoms with Gasteiger partial charge in [-0.2, -0.15) is 5.10 Å². The van der Waals surface area contributed by atoms with Crippen molar-refractivity contribution in [1.82, 2.24) is 25.4 Å². The van der Waals surface area contributed by atoms with Gasteiger partial charge in [0.1, 0.15) is 17.4 Å². The largest absolute Gasteiger partial charge is 0.489 e. The predicted octanol–water partition coefficient (Wildman–Crippen LogP) is 3.23. The van der Waals surface area contributed by atoms with E-state index in [1.807, 2.05) is 37.3 Å². The van der Waals surface area contributed by atoms with Crippen molar-refractivity contribution < 1.29 is 19.1 Å². The molecule has 5 rings (SSSR count). The van der Waals surface area contributed by atoms with E-state index in [0.717, 1.165) is 33.5 Å². The molecule has 2 N–H and O–H groups in total. The van der Waals surface area contributed by atoms with Crippen LogP contribution in [0.4, 0.5) is 4.79 Å². The van der Waals surface area contributed by atoms with Crippen molar-refractivity contribution in [3.05, 3.63) is 86.1 Å². The lowest BCUT2D eigenvalue weighted by Crippen LogP contribution is -2.40. The number of hydrogen-bond donors (Lipinski definition) is 2. The lowest BCUT2D eigenvalue weighted by Gasteiger charge is -2.18. The van der Waals surface area contributed by atoms with Crippen LogP contribution in [0.5, 0.6) is 5.75 Å². The Labute approximate surface area is 228 Å². The van der Waals surface area contributed by atoms with E-state index in [0.29, 0.717) is 22.9 Å². The smallest absolute Gasteiger partial charge is 0.410 e. The monoisotopic (exact) mass is 543 g/mol. The number of benzene rings is 2. The van der Waals surface area contributed by atoms with Crippen LogP contribution in [0.25, 0.3) is 10.9 Å². The molecule has 1 aliphatic heterocycles. The molecule has 2 amide bonds. The number of amides is 2. The van der Waals surface area contributed by atoms with Crippen LogP contribution in [0.1, 0.15) is 32.5 Å². The zero-order valence-corrected chi connectivity index (χ0v) is 21.9. The third kappa shape index (κ3) is 5.91. The summed E-state index contributed by atoms with van der Waals surface area (Å²) < 4.78 is 11.0. The normalized spacial score (nSPS) is 16.6. The number of carbonyl (C=O) groups is 2. The minimum absolute atomic E-state index is 0.155. The van der Waals surface area contributed by atoms with Gasteiger partial charge in [-0.25, -0.2) is 9.89 Å². The molecule has 0 saturated carbocycles. The molecule has 39 heavy (non-hydrogen) atoms. The van der Waals surface area contributed by atoms with E-state index < -0.39 is 12.1 Å². The molecular formula is C28H25N5O5S. The van der Waals surface area contributed by atoms with Gasteiger partial charge in [0.05, 0.1) is 17.5 Å². The summed E-state index contributed by atoms with van der Waals surface area (Å²) in [5, 5.41) is 11.0. The van der Waals surface area contributed by atoms with Crippen LogP contribution in [-0.4, -0.2) is 57.8 Å². The number of para-hydroxylation sites is 1. The second-order valence-electron chi connectivity index (χ2n) is 9.05. The Morgan fingerprint density at radius 1 is 1.21 bits per heavy atom. The number of hydrogen-bond acceptors (Lipinski definition) is 8. The highest BCUT2D eigenvalue weighted by molar-refractivity contribution is 7.08. The average Bonchev–Trinajstić information content (AvgIpc) is 3.56. The number of rotatable bonds is 7. The van der Waals surface area contributed by atoms with Gasteiger partial charge in [-0.05, 0) is 43.3 Å². The molecule has 1 saturated heterocycles. The van der Waals surface area contributed by atoms with Crippen LogP contribution in [0.3, 0.4) is 0 Å². The number of fused-ring (bicyclic) bond motifs is 1. The first kappa shape index (κ1) is 25.9. The number of aromatic amines is 1. The molecule has 1 aliphatic rings. The number of pyridine rings is 1. The van der Waals surface area contributed by atoms with Crippen LogP contribution < -0.4 is 14.9 Å². The fraction of sp³-hybridized carbons (Fsp3) is 0.250. The molecule has 0 aliphatic carbocycles. The maximum absolute atomic E-state index is 13.1. The maximum Gasteiger partial charge on any atom is 0.410 e. The van der Waals surface area contributed by atoms with Gasteiger partial charge in [-0.3, -0.25) is 14.6 Å². The fourth-order valence-corrected chi connectivity index (χ4v) is 5.34. The molecule has 11 heteroatoms. The number of ether oxygens (including phenoxy) is 2. The van der Waals surface area contributed by atoms with E-state index in [-0.39, 0.29) is 36.4 Å². The second-order valence-corrected chi connectivity index (χ2v) is 10.0. The van der Waals surface area contributed by atoms with E-state index in [9.17, 15) is 14.4 Å². The summed E-state index contributed by atoms with van der Waals surface area (Å²) >= 11 is 0.945.